The number of phenolic OH excluding ortho intramolecular Hbond substituents is 1. The van der Waals surface area contributed by atoms with Crippen LogP contribution in [0.2, 0.25) is 5.15 Å². The van der Waals surface area contributed by atoms with Crippen LogP contribution in [-0.4, -0.2) is 27.8 Å². The highest BCUT2D eigenvalue weighted by molar-refractivity contribution is 6.31. The van der Waals surface area contributed by atoms with Gasteiger partial charge in [0.05, 0.1) is 18.5 Å². The number of ketones is 1. The summed E-state index contributed by atoms with van der Waals surface area (Å²) < 4.78 is 19.6. The second-order valence-corrected chi connectivity index (χ2v) is 6.12. The highest BCUT2D eigenvalue weighted by Crippen LogP contribution is 2.28. The van der Waals surface area contributed by atoms with E-state index in [9.17, 15) is 14.3 Å². The Morgan fingerprint density at radius 3 is 2.63 bits per heavy atom. The van der Waals surface area contributed by atoms with Crippen LogP contribution >= 0.6 is 11.6 Å². The molecule has 27 heavy (non-hydrogen) atoms. The molecule has 2 aromatic carbocycles. The van der Waals surface area contributed by atoms with Crippen molar-refractivity contribution in [2.24, 2.45) is 0 Å². The molecule has 0 aliphatic rings. The van der Waals surface area contributed by atoms with Crippen molar-refractivity contribution >= 4 is 23.5 Å². The number of carbonyl (C=O) groups excluding carboxylic acids is 1. The normalized spacial score (nSPS) is 11.1. The molecule has 5 nitrogen and oxygen atoms in total. The summed E-state index contributed by atoms with van der Waals surface area (Å²) in [5, 5.41) is 14.3. The largest absolute Gasteiger partial charge is 0.504 e. The number of carbonyl (C=O) groups is 1. The lowest BCUT2D eigenvalue weighted by atomic mass is 10.1. The number of benzene rings is 2. The molecule has 0 radical (unpaired) electrons. The van der Waals surface area contributed by atoms with Crippen LogP contribution in [0.25, 0.3) is 11.8 Å². The maximum Gasteiger partial charge on any atom is 0.185 e. The topological polar surface area (TPSA) is 64.3 Å². The first-order chi connectivity index (χ1) is 12.9. The van der Waals surface area contributed by atoms with E-state index in [2.05, 4.69) is 5.10 Å². The molecule has 138 valence electrons. The van der Waals surface area contributed by atoms with Gasteiger partial charge < -0.3 is 9.84 Å². The summed E-state index contributed by atoms with van der Waals surface area (Å²) in [4.78, 5) is 12.4. The molecule has 0 aliphatic carbocycles. The summed E-state index contributed by atoms with van der Waals surface area (Å²) in [6.07, 6.45) is 2.95. The standard InChI is InChI=1S/C20H16ClFN2O3/c1-12-16(20(21)24(23-12)15-6-4-14(22)5-7-15)8-10-17(25)13-3-9-18(26)19(11-13)27-2/h3-11,26H,1-2H3. The lowest BCUT2D eigenvalue weighted by Gasteiger charge is -2.04. The van der Waals surface area contributed by atoms with Crippen LogP contribution < -0.4 is 4.74 Å². The van der Waals surface area contributed by atoms with Crippen molar-refractivity contribution in [1.29, 1.82) is 0 Å². The zero-order valence-corrected chi connectivity index (χ0v) is 15.4. The van der Waals surface area contributed by atoms with Gasteiger partial charge in [-0.15, -0.1) is 0 Å². The van der Waals surface area contributed by atoms with Crippen LogP contribution in [-0.2, 0) is 0 Å². The number of aromatic nitrogens is 2. The number of methoxy groups -OCH3 is 1. The zero-order chi connectivity index (χ0) is 19.6. The number of aryl methyl sites for hydroxylation is 1. The average Bonchev–Trinajstić information content (AvgIpc) is 2.94. The number of halogens is 2. The Kier molecular flexibility index (Phi) is 5.28. The van der Waals surface area contributed by atoms with Crippen molar-refractivity contribution in [1.82, 2.24) is 9.78 Å². The van der Waals surface area contributed by atoms with Crippen LogP contribution in [0.15, 0.2) is 48.5 Å². The molecule has 0 amide bonds. The third-order valence-corrected chi connectivity index (χ3v) is 4.35. The van der Waals surface area contributed by atoms with Gasteiger partial charge in [-0.3, -0.25) is 4.79 Å². The van der Waals surface area contributed by atoms with Crippen LogP contribution in [0.1, 0.15) is 21.6 Å². The van der Waals surface area contributed by atoms with E-state index in [1.807, 2.05) is 0 Å². The fourth-order valence-electron chi connectivity index (χ4n) is 2.54. The van der Waals surface area contributed by atoms with Gasteiger partial charge >= 0.3 is 0 Å². The van der Waals surface area contributed by atoms with Crippen LogP contribution in [0.4, 0.5) is 4.39 Å². The third kappa shape index (κ3) is 3.85. The van der Waals surface area contributed by atoms with Gasteiger partial charge in [0, 0.05) is 11.1 Å². The minimum Gasteiger partial charge on any atom is -0.504 e. The molecular weight excluding hydrogens is 371 g/mol. The van der Waals surface area contributed by atoms with E-state index in [1.54, 1.807) is 25.1 Å². The summed E-state index contributed by atoms with van der Waals surface area (Å²) >= 11 is 6.39. The SMILES string of the molecule is COc1cc(C(=O)C=Cc2c(C)nn(-c3ccc(F)cc3)c2Cl)ccc1O. The van der Waals surface area contributed by atoms with Gasteiger partial charge in [-0.25, -0.2) is 9.07 Å². The van der Waals surface area contributed by atoms with Gasteiger partial charge in [0.25, 0.3) is 0 Å². The Morgan fingerprint density at radius 2 is 1.96 bits per heavy atom. The molecule has 0 aliphatic heterocycles. The maximum atomic E-state index is 13.1. The van der Waals surface area contributed by atoms with Gasteiger partial charge in [-0.1, -0.05) is 11.6 Å². The number of ether oxygens (including phenoxy) is 1. The van der Waals surface area contributed by atoms with Crippen LogP contribution in [0.3, 0.4) is 0 Å². The van der Waals surface area contributed by atoms with Gasteiger partial charge in [0.15, 0.2) is 17.3 Å². The summed E-state index contributed by atoms with van der Waals surface area (Å²) in [5.41, 5.74) is 2.18. The van der Waals surface area contributed by atoms with Crippen molar-refractivity contribution in [3.63, 3.8) is 0 Å². The molecule has 3 rings (SSSR count). The van der Waals surface area contributed by atoms with Crippen molar-refractivity contribution < 1.29 is 19.0 Å². The van der Waals surface area contributed by atoms with E-state index in [0.717, 1.165) is 0 Å². The third-order valence-electron chi connectivity index (χ3n) is 3.98. The van der Waals surface area contributed by atoms with E-state index in [0.29, 0.717) is 27.7 Å². The lowest BCUT2D eigenvalue weighted by molar-refractivity contribution is 0.104. The van der Waals surface area contributed by atoms with E-state index in [1.165, 1.54) is 48.2 Å². The second-order valence-electron chi connectivity index (χ2n) is 5.76. The number of hydrogen-bond donors (Lipinski definition) is 1. The minimum atomic E-state index is -0.353. The molecule has 1 aromatic heterocycles. The second kappa shape index (κ2) is 7.63. The van der Waals surface area contributed by atoms with E-state index in [-0.39, 0.29) is 23.1 Å². The number of rotatable bonds is 5. The Labute approximate surface area is 160 Å². The molecule has 0 saturated heterocycles. The number of hydrogen-bond acceptors (Lipinski definition) is 4. The molecule has 1 heterocycles. The molecule has 0 bridgehead atoms. The minimum absolute atomic E-state index is 0.0440. The van der Waals surface area contributed by atoms with Gasteiger partial charge in [0.2, 0.25) is 0 Å². The lowest BCUT2D eigenvalue weighted by Crippen LogP contribution is -1.96. The first kappa shape index (κ1) is 18.7. The predicted octanol–water partition coefficient (Wildman–Crippen LogP) is 4.58. The summed E-state index contributed by atoms with van der Waals surface area (Å²) in [6.45, 7) is 1.76. The summed E-state index contributed by atoms with van der Waals surface area (Å²) in [6, 6.07) is 10.1. The molecule has 0 atom stereocenters. The van der Waals surface area contributed by atoms with Gasteiger partial charge in [-0.2, -0.15) is 5.10 Å². The Hall–Kier alpha value is -3.12. The maximum absolute atomic E-state index is 13.1. The summed E-state index contributed by atoms with van der Waals surface area (Å²) in [5.74, 6) is -0.461. The van der Waals surface area contributed by atoms with E-state index >= 15 is 0 Å². The van der Waals surface area contributed by atoms with Crippen molar-refractivity contribution in [3.05, 3.63) is 76.3 Å². The Bertz CT molecular complexity index is 1030. The number of nitrogens with zero attached hydrogens (tertiary/aromatic N) is 2. The fraction of sp³-hybridized carbons (Fsp3) is 0.100. The van der Waals surface area contributed by atoms with Crippen molar-refractivity contribution in [3.8, 4) is 17.2 Å². The van der Waals surface area contributed by atoms with Crippen molar-refractivity contribution in [2.75, 3.05) is 7.11 Å². The summed E-state index contributed by atoms with van der Waals surface area (Å²) in [7, 11) is 1.41. The zero-order valence-electron chi connectivity index (χ0n) is 14.6. The molecule has 1 N–H and O–H groups in total. The number of aromatic hydroxyl groups is 1. The monoisotopic (exact) mass is 386 g/mol. The first-order valence-electron chi connectivity index (χ1n) is 8.01. The molecule has 7 heteroatoms. The Balaban J connectivity index is 1.89. The number of phenols is 1. The molecular formula is C20H16ClFN2O3. The van der Waals surface area contributed by atoms with Crippen molar-refractivity contribution in [2.45, 2.75) is 6.92 Å². The van der Waals surface area contributed by atoms with E-state index < -0.39 is 0 Å². The van der Waals surface area contributed by atoms with Crippen LogP contribution in [0.5, 0.6) is 11.5 Å². The molecule has 0 saturated carbocycles. The highest BCUT2D eigenvalue weighted by Gasteiger charge is 2.14. The average molecular weight is 387 g/mol. The Morgan fingerprint density at radius 1 is 1.26 bits per heavy atom. The predicted molar refractivity (Wildman–Crippen MR) is 101 cm³/mol. The number of allylic oxidation sites excluding steroid dienone is 1. The van der Waals surface area contributed by atoms with Gasteiger partial charge in [0.1, 0.15) is 11.0 Å². The first-order valence-corrected chi connectivity index (χ1v) is 8.39. The fourth-order valence-corrected chi connectivity index (χ4v) is 2.88. The molecule has 3 aromatic rings. The van der Waals surface area contributed by atoms with Gasteiger partial charge in [-0.05, 0) is 61.5 Å². The quantitative estimate of drug-likeness (QED) is 0.514. The van der Waals surface area contributed by atoms with Crippen LogP contribution in [0, 0.1) is 12.7 Å². The molecule has 0 spiro atoms. The molecule has 0 fully saturated rings. The molecule has 0 unspecified atom stereocenters. The van der Waals surface area contributed by atoms with E-state index in [4.69, 9.17) is 16.3 Å². The smallest absolute Gasteiger partial charge is 0.185 e. The highest BCUT2D eigenvalue weighted by atomic mass is 35.5.